The molecule has 0 radical (unpaired) electrons. The van der Waals surface area contributed by atoms with Crippen LogP contribution in [0.3, 0.4) is 0 Å². The Bertz CT molecular complexity index is 419. The largest absolute Gasteiger partial charge is 0.491 e. The van der Waals surface area contributed by atoms with E-state index in [0.717, 1.165) is 6.42 Å². The van der Waals surface area contributed by atoms with Crippen LogP contribution in [0, 0.1) is 16.7 Å². The van der Waals surface area contributed by atoms with Crippen molar-refractivity contribution in [2.45, 2.75) is 33.6 Å². The molecule has 0 saturated heterocycles. The average molecular weight is 232 g/mol. The Labute approximate surface area is 103 Å². The topological polar surface area (TPSA) is 59.0 Å². The van der Waals surface area contributed by atoms with Gasteiger partial charge in [0.1, 0.15) is 5.75 Å². The summed E-state index contributed by atoms with van der Waals surface area (Å²) in [5, 5.41) is 8.88. The number of nitrogens with zero attached hydrogens (tertiary/aromatic N) is 1. The van der Waals surface area contributed by atoms with Crippen LogP contribution in [0.25, 0.3) is 0 Å². The maximum atomic E-state index is 8.88. The second-order valence-corrected chi connectivity index (χ2v) is 4.82. The minimum atomic E-state index is -0.349. The summed E-state index contributed by atoms with van der Waals surface area (Å²) in [5.74, 6) is 0.705. The quantitative estimate of drug-likeness (QED) is 0.793. The summed E-state index contributed by atoms with van der Waals surface area (Å²) in [7, 11) is 0. The first-order valence-corrected chi connectivity index (χ1v) is 5.91. The predicted octanol–water partition coefficient (Wildman–Crippen LogP) is 3.15. The lowest BCUT2D eigenvalue weighted by atomic mass is 9.92. The number of hydrogen-bond donors (Lipinski definition) is 1. The maximum absolute atomic E-state index is 8.88. The monoisotopic (exact) mass is 232 g/mol. The molecule has 0 saturated carbocycles. The number of benzene rings is 1. The molecule has 3 heteroatoms. The van der Waals surface area contributed by atoms with E-state index in [4.69, 9.17) is 15.7 Å². The molecular formula is C14H20N2O. The van der Waals surface area contributed by atoms with E-state index in [9.17, 15) is 0 Å². The molecule has 17 heavy (non-hydrogen) atoms. The van der Waals surface area contributed by atoms with Gasteiger partial charge in [0.15, 0.2) is 0 Å². The molecule has 0 aliphatic rings. The van der Waals surface area contributed by atoms with Crippen molar-refractivity contribution < 1.29 is 4.74 Å². The molecule has 1 rings (SSSR count). The fourth-order valence-corrected chi connectivity index (χ4v) is 1.42. The van der Waals surface area contributed by atoms with Crippen LogP contribution < -0.4 is 10.5 Å². The number of aryl methyl sites for hydroxylation is 1. The van der Waals surface area contributed by atoms with Gasteiger partial charge in [-0.3, -0.25) is 0 Å². The van der Waals surface area contributed by atoms with Crippen LogP contribution in [0.15, 0.2) is 18.2 Å². The highest BCUT2D eigenvalue weighted by atomic mass is 16.5. The summed E-state index contributed by atoms with van der Waals surface area (Å²) in [6.07, 6.45) is 1.66. The van der Waals surface area contributed by atoms with E-state index in [1.54, 1.807) is 0 Å². The summed E-state index contributed by atoms with van der Waals surface area (Å²) in [6, 6.07) is 8.10. The van der Waals surface area contributed by atoms with E-state index in [0.29, 0.717) is 24.5 Å². The molecule has 0 fully saturated rings. The standard InChI is InChI=1S/C14H20N2O/c1-4-11-5-6-13(12(16)9-11)17-8-7-14(2,3)10-15/h5-6,9H,4,7-8,16H2,1-3H3. The fourth-order valence-electron chi connectivity index (χ4n) is 1.42. The third-order valence-corrected chi connectivity index (χ3v) is 2.77. The van der Waals surface area contributed by atoms with E-state index in [-0.39, 0.29) is 5.41 Å². The minimum Gasteiger partial charge on any atom is -0.491 e. The van der Waals surface area contributed by atoms with Crippen LogP contribution in [0.1, 0.15) is 32.8 Å². The lowest BCUT2D eigenvalue weighted by Gasteiger charge is -2.16. The molecule has 0 aliphatic carbocycles. The molecular weight excluding hydrogens is 212 g/mol. The van der Waals surface area contributed by atoms with Crippen molar-refractivity contribution in [2.24, 2.45) is 5.41 Å². The maximum Gasteiger partial charge on any atom is 0.142 e. The molecule has 0 amide bonds. The number of nitrogen functional groups attached to an aromatic ring is 1. The molecule has 0 atom stereocenters. The van der Waals surface area contributed by atoms with Crippen LogP contribution in [0.5, 0.6) is 5.75 Å². The second-order valence-electron chi connectivity index (χ2n) is 4.82. The van der Waals surface area contributed by atoms with E-state index < -0.39 is 0 Å². The zero-order chi connectivity index (χ0) is 12.9. The molecule has 3 nitrogen and oxygen atoms in total. The van der Waals surface area contributed by atoms with Gasteiger partial charge in [-0.1, -0.05) is 13.0 Å². The van der Waals surface area contributed by atoms with E-state index in [1.807, 2.05) is 32.0 Å². The highest BCUT2D eigenvalue weighted by Crippen LogP contribution is 2.25. The Balaban J connectivity index is 2.56. The fraction of sp³-hybridized carbons (Fsp3) is 0.500. The van der Waals surface area contributed by atoms with Gasteiger partial charge in [0, 0.05) is 0 Å². The Morgan fingerprint density at radius 3 is 2.65 bits per heavy atom. The van der Waals surface area contributed by atoms with E-state index in [1.165, 1.54) is 5.56 Å². The van der Waals surface area contributed by atoms with Gasteiger partial charge in [-0.05, 0) is 44.4 Å². The second kappa shape index (κ2) is 5.58. The Hall–Kier alpha value is -1.69. The molecule has 0 aromatic heterocycles. The molecule has 92 valence electrons. The van der Waals surface area contributed by atoms with Crippen LogP contribution in [0.4, 0.5) is 5.69 Å². The molecule has 0 unspecified atom stereocenters. The highest BCUT2D eigenvalue weighted by molar-refractivity contribution is 5.54. The summed E-state index contributed by atoms with van der Waals surface area (Å²) >= 11 is 0. The predicted molar refractivity (Wildman–Crippen MR) is 69.7 cm³/mol. The van der Waals surface area contributed by atoms with Crippen molar-refractivity contribution in [1.29, 1.82) is 5.26 Å². The molecule has 2 N–H and O–H groups in total. The first kappa shape index (κ1) is 13.4. The summed E-state index contributed by atoms with van der Waals surface area (Å²) < 4.78 is 5.60. The van der Waals surface area contributed by atoms with Crippen molar-refractivity contribution in [3.05, 3.63) is 23.8 Å². The van der Waals surface area contributed by atoms with Gasteiger partial charge in [0.2, 0.25) is 0 Å². The van der Waals surface area contributed by atoms with Crippen molar-refractivity contribution in [1.82, 2.24) is 0 Å². The van der Waals surface area contributed by atoms with Gasteiger partial charge in [-0.2, -0.15) is 5.26 Å². The molecule has 0 aliphatic heterocycles. The first-order valence-electron chi connectivity index (χ1n) is 5.91. The summed E-state index contributed by atoms with van der Waals surface area (Å²) in [6.45, 7) is 6.40. The van der Waals surface area contributed by atoms with Crippen molar-refractivity contribution in [3.8, 4) is 11.8 Å². The Kier molecular flexibility index (Phi) is 4.39. The first-order chi connectivity index (χ1) is 7.98. The Morgan fingerprint density at radius 2 is 2.12 bits per heavy atom. The minimum absolute atomic E-state index is 0.349. The Morgan fingerprint density at radius 1 is 1.41 bits per heavy atom. The SMILES string of the molecule is CCc1ccc(OCCC(C)(C)C#N)c(N)c1. The average Bonchev–Trinajstić information content (AvgIpc) is 2.31. The summed E-state index contributed by atoms with van der Waals surface area (Å²) in [5.41, 5.74) is 7.41. The number of rotatable bonds is 5. The van der Waals surface area contributed by atoms with E-state index in [2.05, 4.69) is 13.0 Å². The van der Waals surface area contributed by atoms with Gasteiger partial charge < -0.3 is 10.5 Å². The third-order valence-electron chi connectivity index (χ3n) is 2.77. The molecule has 1 aromatic carbocycles. The number of nitriles is 1. The highest BCUT2D eigenvalue weighted by Gasteiger charge is 2.16. The van der Waals surface area contributed by atoms with Crippen LogP contribution >= 0.6 is 0 Å². The molecule has 0 bridgehead atoms. The lowest BCUT2D eigenvalue weighted by Crippen LogP contribution is -2.13. The third kappa shape index (κ3) is 3.99. The van der Waals surface area contributed by atoms with Gasteiger partial charge in [0.05, 0.1) is 23.8 Å². The van der Waals surface area contributed by atoms with Gasteiger partial charge >= 0.3 is 0 Å². The zero-order valence-electron chi connectivity index (χ0n) is 10.8. The van der Waals surface area contributed by atoms with Crippen molar-refractivity contribution in [2.75, 3.05) is 12.3 Å². The van der Waals surface area contributed by atoms with Gasteiger partial charge in [-0.15, -0.1) is 0 Å². The van der Waals surface area contributed by atoms with Crippen LogP contribution in [-0.2, 0) is 6.42 Å². The van der Waals surface area contributed by atoms with Crippen LogP contribution in [-0.4, -0.2) is 6.61 Å². The number of anilines is 1. The smallest absolute Gasteiger partial charge is 0.142 e. The zero-order valence-corrected chi connectivity index (χ0v) is 10.8. The summed E-state index contributed by atoms with van der Waals surface area (Å²) in [4.78, 5) is 0. The van der Waals surface area contributed by atoms with Crippen LogP contribution in [0.2, 0.25) is 0 Å². The number of hydrogen-bond acceptors (Lipinski definition) is 3. The van der Waals surface area contributed by atoms with E-state index >= 15 is 0 Å². The van der Waals surface area contributed by atoms with Crippen molar-refractivity contribution in [3.63, 3.8) is 0 Å². The van der Waals surface area contributed by atoms with Crippen molar-refractivity contribution >= 4 is 5.69 Å². The normalized spacial score (nSPS) is 10.9. The molecule has 0 heterocycles. The van der Waals surface area contributed by atoms with Gasteiger partial charge in [0.25, 0.3) is 0 Å². The number of ether oxygens (including phenoxy) is 1. The molecule has 0 spiro atoms. The lowest BCUT2D eigenvalue weighted by molar-refractivity contribution is 0.265. The molecule has 1 aromatic rings. The number of nitrogens with two attached hydrogens (primary N) is 1. The van der Waals surface area contributed by atoms with Gasteiger partial charge in [-0.25, -0.2) is 0 Å².